The van der Waals surface area contributed by atoms with Gasteiger partial charge in [0.25, 0.3) is 0 Å². The van der Waals surface area contributed by atoms with Crippen molar-refractivity contribution < 1.29 is 9.53 Å². The smallest absolute Gasteiger partial charge is 0.220 e. The first-order chi connectivity index (χ1) is 21.0. The zero-order chi connectivity index (χ0) is 29.8. The number of rotatable bonds is 11. The number of morpholine rings is 1. The van der Waals surface area contributed by atoms with Gasteiger partial charge in [0, 0.05) is 31.5 Å². The van der Waals surface area contributed by atoms with Crippen LogP contribution in [0.2, 0.25) is 0 Å². The van der Waals surface area contributed by atoms with Gasteiger partial charge in [0.05, 0.1) is 42.2 Å². The Kier molecular flexibility index (Phi) is 8.86. The molecular formula is C35H42N6O2. The van der Waals surface area contributed by atoms with E-state index in [9.17, 15) is 4.79 Å². The van der Waals surface area contributed by atoms with Crippen molar-refractivity contribution in [3.63, 3.8) is 0 Å². The lowest BCUT2D eigenvalue weighted by Crippen LogP contribution is -2.37. The molecule has 0 radical (unpaired) electrons. The summed E-state index contributed by atoms with van der Waals surface area (Å²) in [6.45, 7) is 7.30. The fraction of sp³-hybridized carbons (Fsp3) is 0.400. The maximum atomic E-state index is 12.0. The highest BCUT2D eigenvalue weighted by Gasteiger charge is 2.24. The number of carbonyl (C=O) groups is 1. The highest BCUT2D eigenvalue weighted by molar-refractivity contribution is 5.91. The van der Waals surface area contributed by atoms with Gasteiger partial charge in [-0.15, -0.1) is 0 Å². The summed E-state index contributed by atoms with van der Waals surface area (Å²) in [4.78, 5) is 30.8. The van der Waals surface area contributed by atoms with Gasteiger partial charge in [-0.3, -0.25) is 9.69 Å². The third-order valence-electron chi connectivity index (χ3n) is 8.72. The van der Waals surface area contributed by atoms with Gasteiger partial charge < -0.3 is 20.0 Å². The molecule has 3 N–H and O–H groups in total. The Balaban J connectivity index is 1.09. The number of likely N-dealkylation sites (N-methyl/N-ethyl adjacent to an activating group) is 1. The van der Waals surface area contributed by atoms with Gasteiger partial charge in [-0.1, -0.05) is 50.6 Å². The van der Waals surface area contributed by atoms with Crippen molar-refractivity contribution in [2.24, 2.45) is 5.92 Å². The Labute approximate surface area is 253 Å². The van der Waals surface area contributed by atoms with Gasteiger partial charge in [-0.05, 0) is 72.0 Å². The van der Waals surface area contributed by atoms with Crippen molar-refractivity contribution in [1.29, 1.82) is 0 Å². The molecular weight excluding hydrogens is 536 g/mol. The van der Waals surface area contributed by atoms with E-state index in [0.717, 1.165) is 84.9 Å². The summed E-state index contributed by atoms with van der Waals surface area (Å²) >= 11 is 0. The van der Waals surface area contributed by atoms with E-state index in [1.54, 1.807) is 0 Å². The number of imidazole rings is 2. The average Bonchev–Trinajstić information content (AvgIpc) is 3.67. The summed E-state index contributed by atoms with van der Waals surface area (Å²) in [5.41, 5.74) is 6.51. The number of H-pyrrole nitrogens is 2. The van der Waals surface area contributed by atoms with Crippen LogP contribution >= 0.6 is 0 Å². The number of aryl methyl sites for hydroxylation is 1. The summed E-state index contributed by atoms with van der Waals surface area (Å²) < 4.78 is 5.70. The predicted molar refractivity (Wildman–Crippen MR) is 173 cm³/mol. The molecule has 3 aromatic carbocycles. The van der Waals surface area contributed by atoms with Crippen LogP contribution in [0.3, 0.4) is 0 Å². The summed E-state index contributed by atoms with van der Waals surface area (Å²) in [6.07, 6.45) is 6.36. The molecule has 2 unspecified atom stereocenters. The van der Waals surface area contributed by atoms with E-state index in [1.165, 1.54) is 16.3 Å². The second-order valence-electron chi connectivity index (χ2n) is 12.0. The minimum Gasteiger partial charge on any atom is -0.378 e. The molecule has 224 valence electrons. The minimum absolute atomic E-state index is 0.156. The third-order valence-corrected chi connectivity index (χ3v) is 8.72. The van der Waals surface area contributed by atoms with E-state index >= 15 is 0 Å². The lowest BCUT2D eigenvalue weighted by atomic mass is 9.99. The second kappa shape index (κ2) is 13.1. The Morgan fingerprint density at radius 3 is 2.63 bits per heavy atom. The fourth-order valence-corrected chi connectivity index (χ4v) is 5.75. The average molecular weight is 579 g/mol. The first-order valence-electron chi connectivity index (χ1n) is 15.6. The van der Waals surface area contributed by atoms with E-state index in [4.69, 9.17) is 9.72 Å². The zero-order valence-corrected chi connectivity index (χ0v) is 25.5. The topological polar surface area (TPSA) is 98.9 Å². The normalized spacial score (nSPS) is 16.6. The molecule has 1 amide bonds. The molecule has 8 heteroatoms. The molecule has 2 aromatic heterocycles. The lowest BCUT2D eigenvalue weighted by Gasteiger charge is -2.30. The van der Waals surface area contributed by atoms with Crippen LogP contribution in [0.5, 0.6) is 0 Å². The predicted octanol–water partition coefficient (Wildman–Crippen LogP) is 6.65. The highest BCUT2D eigenvalue weighted by Crippen LogP contribution is 2.30. The Morgan fingerprint density at radius 2 is 1.81 bits per heavy atom. The molecule has 1 aliphatic heterocycles. The number of aromatic nitrogens is 4. The number of amides is 1. The molecule has 3 heterocycles. The highest BCUT2D eigenvalue weighted by atomic mass is 16.5. The van der Waals surface area contributed by atoms with Gasteiger partial charge in [0.2, 0.25) is 5.91 Å². The molecule has 2 atom stereocenters. The summed E-state index contributed by atoms with van der Waals surface area (Å²) in [5.74, 6) is 2.54. The molecule has 5 aromatic rings. The summed E-state index contributed by atoms with van der Waals surface area (Å²) in [7, 11) is 2.12. The van der Waals surface area contributed by atoms with Gasteiger partial charge in [0.1, 0.15) is 11.6 Å². The molecule has 8 nitrogen and oxygen atoms in total. The van der Waals surface area contributed by atoms with Gasteiger partial charge in [0.15, 0.2) is 0 Å². The molecule has 1 saturated heterocycles. The minimum atomic E-state index is 0.156. The van der Waals surface area contributed by atoms with Crippen LogP contribution in [0.4, 0.5) is 0 Å². The third kappa shape index (κ3) is 6.81. The second-order valence-corrected chi connectivity index (χ2v) is 12.0. The van der Waals surface area contributed by atoms with Crippen LogP contribution in [0, 0.1) is 5.92 Å². The maximum Gasteiger partial charge on any atom is 0.220 e. The van der Waals surface area contributed by atoms with Crippen molar-refractivity contribution in [3.8, 4) is 22.4 Å². The van der Waals surface area contributed by atoms with Crippen molar-refractivity contribution >= 4 is 27.7 Å². The van der Waals surface area contributed by atoms with E-state index in [0.29, 0.717) is 18.9 Å². The van der Waals surface area contributed by atoms with Crippen LogP contribution in [0.15, 0.2) is 60.8 Å². The standard InChI is InChI=1S/C35H42N6O2/c1-4-23(2)17-34(42)36-14-6-5-7-33-37-21-31(38-33)28-11-10-24-18-25(8-9-26(24)19-28)27-12-13-29-30(20-27)40-35(39-29)32-22-43-16-15-41(32)3/h8-13,18-21,23,32H,4-7,14-17,22H2,1-3H3,(H,36,42)(H,37,38)(H,39,40). The number of benzene rings is 3. The number of hydrogen-bond donors (Lipinski definition) is 3. The van der Waals surface area contributed by atoms with E-state index in [-0.39, 0.29) is 11.9 Å². The zero-order valence-electron chi connectivity index (χ0n) is 25.5. The number of hydrogen-bond acceptors (Lipinski definition) is 5. The van der Waals surface area contributed by atoms with Gasteiger partial charge in [-0.2, -0.15) is 0 Å². The van der Waals surface area contributed by atoms with Crippen LogP contribution in [0.1, 0.15) is 57.2 Å². The molecule has 6 rings (SSSR count). The Bertz CT molecular complexity index is 1710. The van der Waals surface area contributed by atoms with Gasteiger partial charge in [-0.25, -0.2) is 9.97 Å². The number of nitrogens with one attached hydrogen (secondary N) is 3. The van der Waals surface area contributed by atoms with Crippen LogP contribution < -0.4 is 5.32 Å². The van der Waals surface area contributed by atoms with Crippen LogP contribution in [-0.4, -0.2) is 64.1 Å². The first kappa shape index (κ1) is 29.1. The van der Waals surface area contributed by atoms with Crippen molar-refractivity contribution in [1.82, 2.24) is 30.2 Å². The molecule has 0 saturated carbocycles. The fourth-order valence-electron chi connectivity index (χ4n) is 5.75. The monoisotopic (exact) mass is 578 g/mol. The van der Waals surface area contributed by atoms with E-state index < -0.39 is 0 Å². The quantitative estimate of drug-likeness (QED) is 0.152. The molecule has 0 aliphatic carbocycles. The Morgan fingerprint density at radius 1 is 1.05 bits per heavy atom. The number of nitrogens with zero attached hydrogens (tertiary/aromatic N) is 3. The summed E-state index contributed by atoms with van der Waals surface area (Å²) in [5, 5.41) is 5.43. The van der Waals surface area contributed by atoms with Crippen molar-refractivity contribution in [2.45, 2.75) is 52.0 Å². The first-order valence-corrected chi connectivity index (χ1v) is 15.6. The molecule has 43 heavy (non-hydrogen) atoms. The Hall–Kier alpha value is -4.01. The maximum absolute atomic E-state index is 12.0. The number of fused-ring (bicyclic) bond motifs is 2. The number of unbranched alkanes of at least 4 members (excludes halogenated alkanes) is 1. The van der Waals surface area contributed by atoms with Crippen LogP contribution in [0.25, 0.3) is 44.2 Å². The molecule has 0 bridgehead atoms. The largest absolute Gasteiger partial charge is 0.378 e. The van der Waals surface area contributed by atoms with E-state index in [1.807, 2.05) is 6.20 Å². The molecule has 1 aliphatic rings. The lowest BCUT2D eigenvalue weighted by molar-refractivity contribution is -0.121. The molecule has 1 fully saturated rings. The number of carbonyl (C=O) groups excluding carboxylic acids is 1. The molecule has 0 spiro atoms. The van der Waals surface area contributed by atoms with Crippen molar-refractivity contribution in [3.05, 3.63) is 72.4 Å². The SMILES string of the molecule is CCC(C)CC(=O)NCCCCc1ncc(-c2ccc3cc(-c4ccc5nc(C6COCCN6C)[nH]c5c4)ccc3c2)[nH]1. The van der Waals surface area contributed by atoms with Crippen LogP contribution in [-0.2, 0) is 16.0 Å². The van der Waals surface area contributed by atoms with Crippen molar-refractivity contribution in [2.75, 3.05) is 33.4 Å². The number of ether oxygens (including phenoxy) is 1. The summed E-state index contributed by atoms with van der Waals surface area (Å²) in [6, 6.07) is 19.8. The number of aromatic amines is 2. The van der Waals surface area contributed by atoms with Gasteiger partial charge >= 0.3 is 0 Å². The van der Waals surface area contributed by atoms with E-state index in [2.05, 4.69) is 101 Å².